The average Bonchev–Trinajstić information content (AvgIpc) is 2.97. The van der Waals surface area contributed by atoms with Crippen LogP contribution in [0.15, 0.2) is 18.2 Å². The van der Waals surface area contributed by atoms with Crippen LogP contribution in [0.4, 0.5) is 0 Å². The van der Waals surface area contributed by atoms with Gasteiger partial charge in [0.1, 0.15) is 5.75 Å². The molecule has 1 aliphatic carbocycles. The smallest absolute Gasteiger partial charge is 0.123 e. The molecule has 0 atom stereocenters. The van der Waals surface area contributed by atoms with Gasteiger partial charge in [-0.2, -0.15) is 0 Å². The molecule has 0 aromatic heterocycles. The summed E-state index contributed by atoms with van der Waals surface area (Å²) in [5.41, 5.74) is 3.11. The molecule has 2 rings (SSSR count). The number of aryl methyl sites for hydroxylation is 1. The van der Waals surface area contributed by atoms with Crippen LogP contribution in [-0.4, -0.2) is 13.7 Å². The second-order valence-electron chi connectivity index (χ2n) is 5.23. The van der Waals surface area contributed by atoms with Crippen LogP contribution in [0.5, 0.6) is 5.75 Å². The lowest BCUT2D eigenvalue weighted by atomic mass is 10.1. The molecule has 2 heteroatoms. The number of methoxy groups -OCH3 is 1. The summed E-state index contributed by atoms with van der Waals surface area (Å²) in [7, 11) is 1.73. The third-order valence-corrected chi connectivity index (χ3v) is 3.41. The van der Waals surface area contributed by atoms with Gasteiger partial charge in [0.25, 0.3) is 0 Å². The normalized spacial score (nSPS) is 17.2. The molecule has 1 saturated carbocycles. The highest BCUT2D eigenvalue weighted by Gasteiger charge is 2.36. The molecule has 0 saturated heterocycles. The van der Waals surface area contributed by atoms with E-state index in [1.165, 1.54) is 24.0 Å². The fourth-order valence-corrected chi connectivity index (χ4v) is 1.93. The summed E-state index contributed by atoms with van der Waals surface area (Å²) in [5, 5.41) is 3.53. The topological polar surface area (TPSA) is 21.3 Å². The van der Waals surface area contributed by atoms with Crippen molar-refractivity contribution >= 4 is 0 Å². The Balaban J connectivity index is 1.94. The molecule has 16 heavy (non-hydrogen) atoms. The first kappa shape index (κ1) is 11.5. The van der Waals surface area contributed by atoms with Gasteiger partial charge in [0.15, 0.2) is 0 Å². The van der Waals surface area contributed by atoms with Gasteiger partial charge in [0.05, 0.1) is 7.11 Å². The van der Waals surface area contributed by atoms with E-state index < -0.39 is 0 Å². The minimum Gasteiger partial charge on any atom is -0.496 e. The van der Waals surface area contributed by atoms with Crippen molar-refractivity contribution in [1.29, 1.82) is 0 Å². The summed E-state index contributed by atoms with van der Waals surface area (Å²) < 4.78 is 5.36. The summed E-state index contributed by atoms with van der Waals surface area (Å²) in [6, 6.07) is 6.33. The first-order valence-electron chi connectivity index (χ1n) is 5.97. The second-order valence-corrected chi connectivity index (χ2v) is 5.23. The van der Waals surface area contributed by atoms with Gasteiger partial charge < -0.3 is 10.1 Å². The maximum absolute atomic E-state index is 5.36. The van der Waals surface area contributed by atoms with Crippen molar-refractivity contribution in [3.63, 3.8) is 0 Å². The van der Waals surface area contributed by atoms with E-state index in [0.29, 0.717) is 5.41 Å². The van der Waals surface area contributed by atoms with E-state index in [-0.39, 0.29) is 0 Å². The number of ether oxygens (including phenoxy) is 1. The predicted octanol–water partition coefficient (Wildman–Crippen LogP) is 2.89. The Morgan fingerprint density at radius 1 is 1.38 bits per heavy atom. The molecule has 2 nitrogen and oxygen atoms in total. The van der Waals surface area contributed by atoms with Crippen molar-refractivity contribution in [3.05, 3.63) is 29.3 Å². The van der Waals surface area contributed by atoms with Gasteiger partial charge in [-0.05, 0) is 31.2 Å². The summed E-state index contributed by atoms with van der Waals surface area (Å²) in [6.45, 7) is 6.48. The molecule has 0 unspecified atom stereocenters. The minimum atomic E-state index is 0.567. The maximum Gasteiger partial charge on any atom is 0.123 e. The third kappa shape index (κ3) is 2.76. The molecule has 0 radical (unpaired) electrons. The van der Waals surface area contributed by atoms with Crippen LogP contribution in [-0.2, 0) is 6.54 Å². The summed E-state index contributed by atoms with van der Waals surface area (Å²) in [6.07, 6.45) is 2.73. The number of hydrogen-bond donors (Lipinski definition) is 1. The van der Waals surface area contributed by atoms with Gasteiger partial charge in [-0.1, -0.05) is 24.6 Å². The van der Waals surface area contributed by atoms with Crippen molar-refractivity contribution in [3.8, 4) is 5.75 Å². The number of rotatable bonds is 5. The zero-order chi connectivity index (χ0) is 11.6. The molecule has 0 spiro atoms. The second kappa shape index (κ2) is 4.46. The van der Waals surface area contributed by atoms with Crippen molar-refractivity contribution in [2.45, 2.75) is 33.2 Å². The van der Waals surface area contributed by atoms with E-state index in [0.717, 1.165) is 18.8 Å². The highest BCUT2D eigenvalue weighted by molar-refractivity contribution is 5.36. The quantitative estimate of drug-likeness (QED) is 0.822. The van der Waals surface area contributed by atoms with Crippen LogP contribution in [0.25, 0.3) is 0 Å². The van der Waals surface area contributed by atoms with Crippen LogP contribution in [0.1, 0.15) is 30.9 Å². The van der Waals surface area contributed by atoms with Crippen molar-refractivity contribution < 1.29 is 4.74 Å². The molecule has 1 fully saturated rings. The Morgan fingerprint density at radius 3 is 2.75 bits per heavy atom. The van der Waals surface area contributed by atoms with Crippen molar-refractivity contribution in [2.75, 3.05) is 13.7 Å². The lowest BCUT2D eigenvalue weighted by Gasteiger charge is -2.13. The van der Waals surface area contributed by atoms with Crippen molar-refractivity contribution in [2.24, 2.45) is 5.41 Å². The van der Waals surface area contributed by atoms with E-state index in [1.807, 2.05) is 6.07 Å². The predicted molar refractivity (Wildman–Crippen MR) is 66.8 cm³/mol. The van der Waals surface area contributed by atoms with Gasteiger partial charge in [-0.15, -0.1) is 0 Å². The number of hydrogen-bond acceptors (Lipinski definition) is 2. The molecule has 1 aromatic rings. The average molecular weight is 219 g/mol. The molecule has 88 valence electrons. The first-order chi connectivity index (χ1) is 7.63. The zero-order valence-electron chi connectivity index (χ0n) is 10.5. The van der Waals surface area contributed by atoms with Gasteiger partial charge in [-0.3, -0.25) is 0 Å². The molecule has 0 aliphatic heterocycles. The van der Waals surface area contributed by atoms with E-state index >= 15 is 0 Å². The van der Waals surface area contributed by atoms with E-state index in [9.17, 15) is 0 Å². The first-order valence-corrected chi connectivity index (χ1v) is 5.97. The lowest BCUT2D eigenvalue weighted by Crippen LogP contribution is -2.21. The zero-order valence-corrected chi connectivity index (χ0v) is 10.5. The molecule has 0 heterocycles. The molecular weight excluding hydrogens is 198 g/mol. The molecule has 1 aromatic carbocycles. The van der Waals surface area contributed by atoms with Crippen LogP contribution >= 0.6 is 0 Å². The number of benzene rings is 1. The maximum atomic E-state index is 5.36. The van der Waals surface area contributed by atoms with Crippen LogP contribution in [0.2, 0.25) is 0 Å². The number of nitrogens with one attached hydrogen (secondary N) is 1. The van der Waals surface area contributed by atoms with Crippen LogP contribution in [0.3, 0.4) is 0 Å². The van der Waals surface area contributed by atoms with Crippen LogP contribution < -0.4 is 10.1 Å². The highest BCUT2D eigenvalue weighted by atomic mass is 16.5. The molecule has 1 N–H and O–H groups in total. The molecule has 0 amide bonds. The van der Waals surface area contributed by atoms with E-state index in [1.54, 1.807) is 7.11 Å². The minimum absolute atomic E-state index is 0.567. The Kier molecular flexibility index (Phi) is 3.20. The SMILES string of the molecule is COc1ccc(C)cc1CNCC1(C)CC1. The monoisotopic (exact) mass is 219 g/mol. The lowest BCUT2D eigenvalue weighted by molar-refractivity contribution is 0.405. The van der Waals surface area contributed by atoms with Gasteiger partial charge >= 0.3 is 0 Å². The van der Waals surface area contributed by atoms with Gasteiger partial charge in [-0.25, -0.2) is 0 Å². The Bertz CT molecular complexity index is 369. The molecule has 1 aliphatic rings. The standard InChI is InChI=1S/C14H21NO/c1-11-4-5-13(16-3)12(8-11)9-15-10-14(2)6-7-14/h4-5,8,15H,6-7,9-10H2,1-3H3. The Hall–Kier alpha value is -1.02. The van der Waals surface area contributed by atoms with Gasteiger partial charge in [0.2, 0.25) is 0 Å². The molecular formula is C14H21NO. The Morgan fingerprint density at radius 2 is 2.12 bits per heavy atom. The third-order valence-electron chi connectivity index (χ3n) is 3.41. The molecule has 0 bridgehead atoms. The largest absolute Gasteiger partial charge is 0.496 e. The van der Waals surface area contributed by atoms with Gasteiger partial charge in [0, 0.05) is 18.7 Å². The van der Waals surface area contributed by atoms with Crippen molar-refractivity contribution in [1.82, 2.24) is 5.32 Å². The van der Waals surface area contributed by atoms with E-state index in [4.69, 9.17) is 4.74 Å². The fraction of sp³-hybridized carbons (Fsp3) is 0.571. The summed E-state index contributed by atoms with van der Waals surface area (Å²) in [4.78, 5) is 0. The van der Waals surface area contributed by atoms with Crippen LogP contribution in [0, 0.1) is 12.3 Å². The summed E-state index contributed by atoms with van der Waals surface area (Å²) in [5.74, 6) is 0.985. The fourth-order valence-electron chi connectivity index (χ4n) is 1.93. The Labute approximate surface area is 98.0 Å². The van der Waals surface area contributed by atoms with E-state index in [2.05, 4.69) is 31.3 Å². The summed E-state index contributed by atoms with van der Waals surface area (Å²) >= 11 is 0. The highest BCUT2D eigenvalue weighted by Crippen LogP contribution is 2.44.